The number of nitrogens with two attached hydrogens (primary N) is 1. The van der Waals surface area contributed by atoms with Gasteiger partial charge in [0.2, 0.25) is 0 Å². The van der Waals surface area contributed by atoms with E-state index in [2.05, 4.69) is 0 Å². The van der Waals surface area contributed by atoms with Crippen LogP contribution in [0.2, 0.25) is 5.02 Å². The third-order valence-electron chi connectivity index (χ3n) is 2.01. The highest BCUT2D eigenvalue weighted by molar-refractivity contribution is 6.33. The largest absolute Gasteiger partial charge is 0.399 e. The van der Waals surface area contributed by atoms with Crippen LogP contribution in [0.4, 0.5) is 11.4 Å². The Bertz CT molecular complexity index is 347. The summed E-state index contributed by atoms with van der Waals surface area (Å²) in [6.45, 7) is 4.03. The van der Waals surface area contributed by atoms with E-state index in [-0.39, 0.29) is 0 Å². The molecule has 4 heteroatoms. The van der Waals surface area contributed by atoms with E-state index in [0.717, 1.165) is 5.69 Å². The van der Waals surface area contributed by atoms with E-state index < -0.39 is 5.60 Å². The number of hydrogen-bond acceptors (Lipinski definition) is 3. The minimum Gasteiger partial charge on any atom is -0.399 e. The summed E-state index contributed by atoms with van der Waals surface area (Å²) in [5, 5.41) is 10.3. The second kappa shape index (κ2) is 4.29. The molecule has 1 aromatic carbocycles. The van der Waals surface area contributed by atoms with Crippen LogP contribution in [-0.4, -0.2) is 24.3 Å². The lowest BCUT2D eigenvalue weighted by Gasteiger charge is -2.27. The third-order valence-corrected chi connectivity index (χ3v) is 2.31. The monoisotopic (exact) mass is 228 g/mol. The molecule has 3 N–H and O–H groups in total. The van der Waals surface area contributed by atoms with Crippen molar-refractivity contribution in [2.45, 2.75) is 19.4 Å². The smallest absolute Gasteiger partial charge is 0.0765 e. The number of benzene rings is 1. The summed E-state index contributed by atoms with van der Waals surface area (Å²) in [5.74, 6) is 0. The van der Waals surface area contributed by atoms with E-state index in [1.807, 2.05) is 18.0 Å². The Morgan fingerprint density at radius 3 is 2.53 bits per heavy atom. The zero-order valence-electron chi connectivity index (χ0n) is 9.29. The van der Waals surface area contributed by atoms with Gasteiger partial charge in [-0.05, 0) is 32.0 Å². The lowest BCUT2D eigenvalue weighted by molar-refractivity contribution is 0.0886. The fraction of sp³-hybridized carbons (Fsp3) is 0.455. The van der Waals surface area contributed by atoms with Crippen molar-refractivity contribution < 1.29 is 5.11 Å². The fourth-order valence-corrected chi connectivity index (χ4v) is 1.83. The quantitative estimate of drug-likeness (QED) is 0.780. The predicted molar refractivity (Wildman–Crippen MR) is 65.4 cm³/mol. The molecule has 0 heterocycles. The van der Waals surface area contributed by atoms with Gasteiger partial charge < -0.3 is 15.7 Å². The normalized spacial score (nSPS) is 11.5. The molecule has 0 saturated heterocycles. The lowest BCUT2D eigenvalue weighted by Crippen LogP contribution is -2.36. The van der Waals surface area contributed by atoms with Crippen LogP contribution < -0.4 is 10.6 Å². The molecule has 0 fully saturated rings. The van der Waals surface area contributed by atoms with Crippen LogP contribution in [0.3, 0.4) is 0 Å². The van der Waals surface area contributed by atoms with Gasteiger partial charge in [0, 0.05) is 19.3 Å². The Kier molecular flexibility index (Phi) is 3.47. The van der Waals surface area contributed by atoms with Gasteiger partial charge >= 0.3 is 0 Å². The highest BCUT2D eigenvalue weighted by Gasteiger charge is 2.17. The first-order valence-corrected chi connectivity index (χ1v) is 5.16. The molecule has 0 bridgehead atoms. The maximum absolute atomic E-state index is 9.69. The van der Waals surface area contributed by atoms with Gasteiger partial charge in [0.25, 0.3) is 0 Å². The van der Waals surface area contributed by atoms with Crippen molar-refractivity contribution >= 4 is 23.0 Å². The summed E-state index contributed by atoms with van der Waals surface area (Å²) in [7, 11) is 1.88. The Labute approximate surface area is 95.5 Å². The summed E-state index contributed by atoms with van der Waals surface area (Å²) in [6.07, 6.45) is 0. The van der Waals surface area contributed by atoms with Gasteiger partial charge in [0.15, 0.2) is 0 Å². The molecule has 1 rings (SSSR count). The van der Waals surface area contributed by atoms with Crippen LogP contribution in [-0.2, 0) is 0 Å². The molecule has 0 aliphatic rings. The summed E-state index contributed by atoms with van der Waals surface area (Å²) < 4.78 is 0. The second-order valence-electron chi connectivity index (χ2n) is 4.38. The van der Waals surface area contributed by atoms with Gasteiger partial charge in [-0.1, -0.05) is 11.6 Å². The molecule has 0 aliphatic carbocycles. The third kappa shape index (κ3) is 3.61. The Morgan fingerprint density at radius 2 is 2.07 bits per heavy atom. The minimum absolute atomic E-state index is 0.511. The fourth-order valence-electron chi connectivity index (χ4n) is 1.50. The standard InChI is InChI=1S/C11H17ClN2O/c1-11(2,15)7-14(3)10-5-4-8(13)6-9(10)12/h4-6,15H,7,13H2,1-3H3. The number of aliphatic hydroxyl groups is 1. The number of likely N-dealkylation sites (N-methyl/N-ethyl adjacent to an activating group) is 1. The zero-order valence-corrected chi connectivity index (χ0v) is 10.0. The second-order valence-corrected chi connectivity index (χ2v) is 4.79. The van der Waals surface area contributed by atoms with E-state index in [0.29, 0.717) is 17.3 Å². The number of halogens is 1. The van der Waals surface area contributed by atoms with Gasteiger partial charge in [0.1, 0.15) is 0 Å². The number of rotatable bonds is 3. The molecule has 0 saturated carbocycles. The first-order chi connectivity index (χ1) is 6.79. The van der Waals surface area contributed by atoms with Crippen LogP contribution in [0.15, 0.2) is 18.2 Å². The first kappa shape index (κ1) is 12.1. The first-order valence-electron chi connectivity index (χ1n) is 4.78. The van der Waals surface area contributed by atoms with Gasteiger partial charge in [0.05, 0.1) is 16.3 Å². The average molecular weight is 229 g/mol. The van der Waals surface area contributed by atoms with Gasteiger partial charge in [-0.3, -0.25) is 0 Å². The summed E-state index contributed by atoms with van der Waals surface area (Å²) in [4.78, 5) is 1.90. The van der Waals surface area contributed by atoms with Crippen LogP contribution in [0.25, 0.3) is 0 Å². The van der Waals surface area contributed by atoms with Crippen LogP contribution in [0.1, 0.15) is 13.8 Å². The molecule has 0 aliphatic heterocycles. The molecule has 0 atom stereocenters. The molecular formula is C11H17ClN2O. The summed E-state index contributed by atoms with van der Waals surface area (Å²) in [5.41, 5.74) is 6.36. The van der Waals surface area contributed by atoms with Crippen molar-refractivity contribution in [1.29, 1.82) is 0 Å². The van der Waals surface area contributed by atoms with Crippen molar-refractivity contribution in [2.24, 2.45) is 0 Å². The Morgan fingerprint density at radius 1 is 1.47 bits per heavy atom. The van der Waals surface area contributed by atoms with Crippen molar-refractivity contribution in [3.05, 3.63) is 23.2 Å². The van der Waals surface area contributed by atoms with E-state index in [9.17, 15) is 5.11 Å². The molecule has 0 amide bonds. The molecule has 0 aromatic heterocycles. The molecule has 0 radical (unpaired) electrons. The van der Waals surface area contributed by atoms with Crippen LogP contribution in [0, 0.1) is 0 Å². The van der Waals surface area contributed by atoms with Gasteiger partial charge in [-0.15, -0.1) is 0 Å². The molecule has 84 valence electrons. The summed E-state index contributed by atoms with van der Waals surface area (Å²) >= 11 is 6.05. The molecule has 0 spiro atoms. The maximum atomic E-state index is 9.69. The van der Waals surface area contributed by atoms with E-state index in [1.165, 1.54) is 0 Å². The number of nitrogens with zero attached hydrogens (tertiary/aromatic N) is 1. The zero-order chi connectivity index (χ0) is 11.6. The molecule has 15 heavy (non-hydrogen) atoms. The van der Waals surface area contributed by atoms with Crippen molar-refractivity contribution in [1.82, 2.24) is 0 Å². The minimum atomic E-state index is -0.751. The highest BCUT2D eigenvalue weighted by atomic mass is 35.5. The van der Waals surface area contributed by atoms with Crippen LogP contribution in [0.5, 0.6) is 0 Å². The van der Waals surface area contributed by atoms with Crippen molar-refractivity contribution in [3.8, 4) is 0 Å². The van der Waals surface area contributed by atoms with E-state index >= 15 is 0 Å². The number of hydrogen-bond donors (Lipinski definition) is 2. The Hall–Kier alpha value is -0.930. The van der Waals surface area contributed by atoms with Crippen molar-refractivity contribution in [2.75, 3.05) is 24.2 Å². The Balaban J connectivity index is 2.87. The number of nitrogen functional groups attached to an aromatic ring is 1. The number of anilines is 2. The SMILES string of the molecule is CN(CC(C)(C)O)c1ccc(N)cc1Cl. The van der Waals surface area contributed by atoms with Gasteiger partial charge in [-0.25, -0.2) is 0 Å². The molecule has 3 nitrogen and oxygen atoms in total. The highest BCUT2D eigenvalue weighted by Crippen LogP contribution is 2.27. The molecule has 0 unspecified atom stereocenters. The van der Waals surface area contributed by atoms with Crippen LogP contribution >= 0.6 is 11.6 Å². The lowest BCUT2D eigenvalue weighted by atomic mass is 10.1. The summed E-state index contributed by atoms with van der Waals surface area (Å²) in [6, 6.07) is 5.35. The molecular weight excluding hydrogens is 212 g/mol. The maximum Gasteiger partial charge on any atom is 0.0765 e. The van der Waals surface area contributed by atoms with Crippen molar-refractivity contribution in [3.63, 3.8) is 0 Å². The van der Waals surface area contributed by atoms with Gasteiger partial charge in [-0.2, -0.15) is 0 Å². The average Bonchev–Trinajstić information content (AvgIpc) is 1.99. The predicted octanol–water partition coefficient (Wildman–Crippen LogP) is 2.13. The van der Waals surface area contributed by atoms with E-state index in [1.54, 1.807) is 26.0 Å². The molecule has 1 aromatic rings. The topological polar surface area (TPSA) is 49.5 Å². The van der Waals surface area contributed by atoms with E-state index in [4.69, 9.17) is 17.3 Å².